The molecular formula is C7H11N5. The number of rotatable bonds is 1. The summed E-state index contributed by atoms with van der Waals surface area (Å²) in [5.74, 6) is 0.926. The third kappa shape index (κ3) is 1.03. The molecule has 1 atom stereocenters. The summed E-state index contributed by atoms with van der Waals surface area (Å²) < 4.78 is 0. The smallest absolute Gasteiger partial charge is 0.122 e. The number of nitrogens with two attached hydrogens (primary N) is 1. The van der Waals surface area contributed by atoms with Crippen LogP contribution in [0.2, 0.25) is 0 Å². The van der Waals surface area contributed by atoms with Gasteiger partial charge in [-0.3, -0.25) is 10.1 Å². The van der Waals surface area contributed by atoms with Crippen molar-refractivity contribution in [2.75, 3.05) is 19.3 Å². The van der Waals surface area contributed by atoms with Gasteiger partial charge in [-0.2, -0.15) is 10.2 Å². The van der Waals surface area contributed by atoms with Crippen molar-refractivity contribution in [1.82, 2.24) is 15.2 Å². The SMILES string of the molecule is CN1CC(c2cn[nH]c2N)C=N1. The summed E-state index contributed by atoms with van der Waals surface area (Å²) in [7, 11) is 1.94. The van der Waals surface area contributed by atoms with E-state index in [1.165, 1.54) is 0 Å². The van der Waals surface area contributed by atoms with Crippen LogP contribution < -0.4 is 5.73 Å². The molecule has 1 aliphatic rings. The maximum absolute atomic E-state index is 5.67. The van der Waals surface area contributed by atoms with Gasteiger partial charge in [-0.25, -0.2) is 0 Å². The Morgan fingerprint density at radius 2 is 2.58 bits per heavy atom. The number of aromatic nitrogens is 2. The minimum absolute atomic E-state index is 0.286. The molecule has 5 heteroatoms. The van der Waals surface area contributed by atoms with Crippen molar-refractivity contribution in [2.24, 2.45) is 5.10 Å². The fourth-order valence-electron chi connectivity index (χ4n) is 1.35. The molecule has 2 heterocycles. The second kappa shape index (κ2) is 2.51. The van der Waals surface area contributed by atoms with E-state index in [2.05, 4.69) is 15.3 Å². The van der Waals surface area contributed by atoms with Crippen LogP contribution in [0.25, 0.3) is 0 Å². The molecule has 5 nitrogen and oxygen atoms in total. The number of aromatic amines is 1. The Hall–Kier alpha value is -1.52. The zero-order valence-electron chi connectivity index (χ0n) is 6.86. The van der Waals surface area contributed by atoms with Gasteiger partial charge in [0.25, 0.3) is 0 Å². The number of H-pyrrole nitrogens is 1. The van der Waals surface area contributed by atoms with Crippen molar-refractivity contribution in [3.8, 4) is 0 Å². The fourth-order valence-corrected chi connectivity index (χ4v) is 1.35. The monoisotopic (exact) mass is 165 g/mol. The van der Waals surface area contributed by atoms with E-state index in [1.54, 1.807) is 6.20 Å². The molecule has 0 saturated carbocycles. The van der Waals surface area contributed by atoms with Gasteiger partial charge < -0.3 is 5.73 Å². The molecule has 1 unspecified atom stereocenters. The van der Waals surface area contributed by atoms with Crippen LogP contribution in [0.1, 0.15) is 11.5 Å². The first-order valence-electron chi connectivity index (χ1n) is 3.81. The van der Waals surface area contributed by atoms with Crippen LogP contribution in [0.15, 0.2) is 11.3 Å². The summed E-state index contributed by atoms with van der Waals surface area (Å²) in [4.78, 5) is 0. The molecular weight excluding hydrogens is 154 g/mol. The van der Waals surface area contributed by atoms with Gasteiger partial charge in [-0.15, -0.1) is 0 Å². The largest absolute Gasteiger partial charge is 0.384 e. The average molecular weight is 165 g/mol. The molecule has 12 heavy (non-hydrogen) atoms. The highest BCUT2D eigenvalue weighted by atomic mass is 15.4. The Morgan fingerprint density at radius 3 is 3.08 bits per heavy atom. The lowest BCUT2D eigenvalue weighted by molar-refractivity contribution is 0.381. The molecule has 0 aliphatic carbocycles. The van der Waals surface area contributed by atoms with Gasteiger partial charge in [0.1, 0.15) is 5.82 Å². The Morgan fingerprint density at radius 1 is 1.75 bits per heavy atom. The Labute approximate surface area is 70.2 Å². The molecule has 1 aliphatic heterocycles. The third-order valence-corrected chi connectivity index (χ3v) is 2.00. The van der Waals surface area contributed by atoms with Gasteiger partial charge in [0.05, 0.1) is 6.20 Å². The van der Waals surface area contributed by atoms with E-state index >= 15 is 0 Å². The number of nitrogens with one attached hydrogen (secondary N) is 1. The summed E-state index contributed by atoms with van der Waals surface area (Å²) in [5, 5.41) is 12.6. The zero-order chi connectivity index (χ0) is 8.55. The number of nitrogens with zero attached hydrogens (tertiary/aromatic N) is 3. The van der Waals surface area contributed by atoms with Crippen LogP contribution >= 0.6 is 0 Å². The lowest BCUT2D eigenvalue weighted by Crippen LogP contribution is -2.12. The van der Waals surface area contributed by atoms with Gasteiger partial charge in [0.2, 0.25) is 0 Å². The summed E-state index contributed by atoms with van der Waals surface area (Å²) in [6, 6.07) is 0. The van der Waals surface area contributed by atoms with Gasteiger partial charge in [-0.05, 0) is 0 Å². The number of hydrazone groups is 1. The zero-order valence-corrected chi connectivity index (χ0v) is 6.86. The topological polar surface area (TPSA) is 70.3 Å². The normalized spacial score (nSPS) is 22.1. The van der Waals surface area contributed by atoms with E-state index in [0.29, 0.717) is 5.82 Å². The van der Waals surface area contributed by atoms with Crippen LogP contribution in [0.3, 0.4) is 0 Å². The number of likely N-dealkylation sites (N-methyl/N-ethyl adjacent to an activating group) is 1. The standard InChI is InChI=1S/C7H11N5/c1-12-4-5(2-10-12)6-3-9-11-7(6)8/h2-3,5H,4H2,1H3,(H3,8,9,11). The highest BCUT2D eigenvalue weighted by Gasteiger charge is 2.19. The second-order valence-corrected chi connectivity index (χ2v) is 2.95. The van der Waals surface area contributed by atoms with Crippen molar-refractivity contribution in [3.05, 3.63) is 11.8 Å². The molecule has 0 radical (unpaired) electrons. The predicted octanol–water partition coefficient (Wildman–Crippen LogP) is 0.00670. The van der Waals surface area contributed by atoms with Crippen LogP contribution in [0.5, 0.6) is 0 Å². The molecule has 0 fully saturated rings. The predicted molar refractivity (Wildman–Crippen MR) is 46.9 cm³/mol. The van der Waals surface area contributed by atoms with Crippen LogP contribution in [-0.2, 0) is 0 Å². The highest BCUT2D eigenvalue weighted by Crippen LogP contribution is 2.22. The first-order chi connectivity index (χ1) is 5.77. The minimum Gasteiger partial charge on any atom is -0.384 e. The first kappa shape index (κ1) is 7.15. The summed E-state index contributed by atoms with van der Waals surface area (Å²) in [6.07, 6.45) is 3.65. The van der Waals surface area contributed by atoms with Gasteiger partial charge in [0.15, 0.2) is 0 Å². The Bertz CT molecular complexity index is 303. The Kier molecular flexibility index (Phi) is 1.49. The van der Waals surface area contributed by atoms with Crippen molar-refractivity contribution in [3.63, 3.8) is 0 Å². The molecule has 0 aromatic carbocycles. The Balaban J connectivity index is 2.22. The molecule has 64 valence electrons. The molecule has 0 saturated heterocycles. The molecule has 2 rings (SSSR count). The first-order valence-corrected chi connectivity index (χ1v) is 3.81. The summed E-state index contributed by atoms with van der Waals surface area (Å²) >= 11 is 0. The highest BCUT2D eigenvalue weighted by molar-refractivity contribution is 5.72. The van der Waals surface area contributed by atoms with Gasteiger partial charge in [0, 0.05) is 31.3 Å². The van der Waals surface area contributed by atoms with E-state index in [4.69, 9.17) is 5.73 Å². The lowest BCUT2D eigenvalue weighted by Gasteiger charge is -2.08. The number of hydrogen-bond acceptors (Lipinski definition) is 4. The van der Waals surface area contributed by atoms with E-state index < -0.39 is 0 Å². The maximum Gasteiger partial charge on any atom is 0.122 e. The van der Waals surface area contributed by atoms with E-state index in [9.17, 15) is 0 Å². The van der Waals surface area contributed by atoms with Crippen LogP contribution in [0, 0.1) is 0 Å². The number of nitrogen functional groups attached to an aromatic ring is 1. The van der Waals surface area contributed by atoms with Crippen molar-refractivity contribution >= 4 is 12.0 Å². The van der Waals surface area contributed by atoms with Crippen LogP contribution in [0.4, 0.5) is 5.82 Å². The summed E-state index contributed by atoms with van der Waals surface area (Å²) in [6.45, 7) is 0.879. The second-order valence-electron chi connectivity index (χ2n) is 2.95. The van der Waals surface area contributed by atoms with Crippen LogP contribution in [-0.4, -0.2) is 35.0 Å². The van der Waals surface area contributed by atoms with Gasteiger partial charge >= 0.3 is 0 Å². The number of anilines is 1. The van der Waals surface area contributed by atoms with E-state index in [0.717, 1.165) is 12.1 Å². The quantitative estimate of drug-likeness (QED) is 0.615. The molecule has 3 N–H and O–H groups in total. The minimum atomic E-state index is 0.286. The molecule has 1 aromatic heterocycles. The lowest BCUT2D eigenvalue weighted by atomic mass is 10.0. The fraction of sp³-hybridized carbons (Fsp3) is 0.429. The maximum atomic E-state index is 5.67. The third-order valence-electron chi connectivity index (χ3n) is 2.00. The van der Waals surface area contributed by atoms with Crippen molar-refractivity contribution in [2.45, 2.75) is 5.92 Å². The molecule has 1 aromatic rings. The van der Waals surface area contributed by atoms with E-state index in [-0.39, 0.29) is 5.92 Å². The molecule has 0 spiro atoms. The van der Waals surface area contributed by atoms with Crippen molar-refractivity contribution < 1.29 is 0 Å². The number of hydrogen-bond donors (Lipinski definition) is 2. The average Bonchev–Trinajstić information content (AvgIpc) is 2.58. The van der Waals surface area contributed by atoms with E-state index in [1.807, 2.05) is 18.3 Å². The van der Waals surface area contributed by atoms with Crippen molar-refractivity contribution in [1.29, 1.82) is 0 Å². The summed E-state index contributed by atoms with van der Waals surface area (Å²) in [5.41, 5.74) is 6.70. The van der Waals surface area contributed by atoms with Gasteiger partial charge in [-0.1, -0.05) is 0 Å². The molecule has 0 bridgehead atoms. The molecule has 0 amide bonds.